The minimum Gasteiger partial charge on any atom is -0.479 e. The van der Waals surface area contributed by atoms with E-state index in [-0.39, 0.29) is 6.42 Å². The van der Waals surface area contributed by atoms with Gasteiger partial charge < -0.3 is 15.5 Å². The van der Waals surface area contributed by atoms with Crippen LogP contribution < -0.4 is 5.32 Å². The zero-order valence-corrected chi connectivity index (χ0v) is 10.4. The van der Waals surface area contributed by atoms with Crippen LogP contribution in [0.15, 0.2) is 12.7 Å². The molecule has 3 N–H and O–H groups in total. The van der Waals surface area contributed by atoms with Gasteiger partial charge in [-0.3, -0.25) is 4.79 Å². The Morgan fingerprint density at radius 3 is 2.11 bits per heavy atom. The van der Waals surface area contributed by atoms with Gasteiger partial charge in [0.2, 0.25) is 11.4 Å². The molecule has 0 saturated carbocycles. The fourth-order valence-electron chi connectivity index (χ4n) is 1.63. The van der Waals surface area contributed by atoms with Crippen LogP contribution in [-0.2, 0) is 14.4 Å². The number of allylic oxidation sites excluding steroid dienone is 1. The monoisotopic (exact) mass is 257 g/mol. The minimum atomic E-state index is -2.22. The summed E-state index contributed by atoms with van der Waals surface area (Å²) in [7, 11) is 0. The van der Waals surface area contributed by atoms with Crippen molar-refractivity contribution in [3.8, 4) is 0 Å². The average Bonchev–Trinajstić information content (AvgIpc) is 2.25. The summed E-state index contributed by atoms with van der Waals surface area (Å²) in [5.74, 6) is -3.77. The van der Waals surface area contributed by atoms with Crippen molar-refractivity contribution in [1.82, 2.24) is 5.32 Å². The van der Waals surface area contributed by atoms with Gasteiger partial charge >= 0.3 is 11.9 Å². The number of aliphatic carboxylic acids is 2. The summed E-state index contributed by atoms with van der Waals surface area (Å²) in [4.78, 5) is 33.2. The summed E-state index contributed by atoms with van der Waals surface area (Å²) < 4.78 is 0. The van der Waals surface area contributed by atoms with E-state index in [0.29, 0.717) is 12.8 Å². The van der Waals surface area contributed by atoms with Crippen LogP contribution in [-0.4, -0.2) is 33.6 Å². The van der Waals surface area contributed by atoms with E-state index in [4.69, 9.17) is 10.2 Å². The predicted octanol–water partition coefficient (Wildman–Crippen LogP) is 1.17. The number of carbonyl (C=O) groups excluding carboxylic acids is 1. The highest BCUT2D eigenvalue weighted by Gasteiger charge is 2.46. The second-order valence-corrected chi connectivity index (χ2v) is 4.08. The first-order chi connectivity index (χ1) is 8.36. The Bertz CT molecular complexity index is 323. The van der Waals surface area contributed by atoms with Crippen molar-refractivity contribution in [1.29, 1.82) is 0 Å². The van der Waals surface area contributed by atoms with Crippen LogP contribution in [0, 0.1) is 0 Å². The van der Waals surface area contributed by atoms with Crippen molar-refractivity contribution in [3.05, 3.63) is 12.7 Å². The smallest absolute Gasteiger partial charge is 0.341 e. The first-order valence-corrected chi connectivity index (χ1v) is 5.73. The molecule has 0 aliphatic heterocycles. The topological polar surface area (TPSA) is 104 Å². The van der Waals surface area contributed by atoms with E-state index in [2.05, 4.69) is 6.58 Å². The molecule has 0 aromatic carbocycles. The molecule has 6 nitrogen and oxygen atoms in total. The number of amides is 1. The van der Waals surface area contributed by atoms with Crippen LogP contribution in [0.25, 0.3) is 0 Å². The maximum absolute atomic E-state index is 11.1. The van der Waals surface area contributed by atoms with Crippen molar-refractivity contribution in [3.63, 3.8) is 0 Å². The molecular formula is C12H19NO5. The highest BCUT2D eigenvalue weighted by Crippen LogP contribution is 2.17. The van der Waals surface area contributed by atoms with Crippen LogP contribution in [0.2, 0.25) is 0 Å². The molecule has 0 spiro atoms. The maximum Gasteiger partial charge on any atom is 0.341 e. The quantitative estimate of drug-likeness (QED) is 0.327. The number of hydrogen-bond acceptors (Lipinski definition) is 3. The molecule has 1 amide bonds. The Morgan fingerprint density at radius 2 is 1.72 bits per heavy atom. The molecule has 18 heavy (non-hydrogen) atoms. The summed E-state index contributed by atoms with van der Waals surface area (Å²) in [6.45, 7) is 4.65. The van der Waals surface area contributed by atoms with Crippen LogP contribution in [0.5, 0.6) is 0 Å². The molecule has 102 valence electrons. The summed E-state index contributed by atoms with van der Waals surface area (Å²) in [6, 6.07) is 0. The van der Waals surface area contributed by atoms with Gasteiger partial charge in [0, 0.05) is 6.92 Å². The molecule has 0 aliphatic rings. The fraction of sp³-hybridized carbons (Fsp3) is 0.583. The van der Waals surface area contributed by atoms with Gasteiger partial charge in [0.15, 0.2) is 0 Å². The molecular weight excluding hydrogens is 238 g/mol. The third-order valence-corrected chi connectivity index (χ3v) is 2.58. The van der Waals surface area contributed by atoms with E-state index in [0.717, 1.165) is 19.8 Å². The summed E-state index contributed by atoms with van der Waals surface area (Å²) >= 11 is 0. The standard InChI is InChI=1S/C12H19NO5/c1-3-4-5-6-7-8-12(10(15)16,11(17)18)13-9(2)14/h3H,1,4-8H2,2H3,(H,13,14)(H,15,16)(H,17,18). The zero-order chi connectivity index (χ0) is 14.2. The van der Waals surface area contributed by atoms with Gasteiger partial charge in [-0.25, -0.2) is 9.59 Å². The van der Waals surface area contributed by atoms with Crippen LogP contribution in [0.1, 0.15) is 39.0 Å². The second-order valence-electron chi connectivity index (χ2n) is 4.08. The van der Waals surface area contributed by atoms with Crippen LogP contribution >= 0.6 is 0 Å². The summed E-state index contributed by atoms with van der Waals surface area (Å²) in [5, 5.41) is 20.1. The SMILES string of the molecule is C=CCCCCCC(NC(C)=O)(C(=O)O)C(=O)O. The highest BCUT2D eigenvalue weighted by molar-refractivity contribution is 6.06. The minimum absolute atomic E-state index is 0.131. The van der Waals surface area contributed by atoms with Crippen molar-refractivity contribution < 1.29 is 24.6 Å². The number of carboxylic acids is 2. The highest BCUT2D eigenvalue weighted by atomic mass is 16.4. The molecule has 0 radical (unpaired) electrons. The predicted molar refractivity (Wildman–Crippen MR) is 65.1 cm³/mol. The van der Waals surface area contributed by atoms with Gasteiger partial charge in [-0.2, -0.15) is 0 Å². The molecule has 0 unspecified atom stereocenters. The van der Waals surface area contributed by atoms with Crippen LogP contribution in [0.4, 0.5) is 0 Å². The second kappa shape index (κ2) is 7.47. The third kappa shape index (κ3) is 4.57. The number of unbranched alkanes of at least 4 members (excludes halogenated alkanes) is 3. The lowest BCUT2D eigenvalue weighted by Gasteiger charge is -2.25. The molecule has 0 fully saturated rings. The van der Waals surface area contributed by atoms with Gasteiger partial charge in [0.1, 0.15) is 0 Å². The lowest BCUT2D eigenvalue weighted by Crippen LogP contribution is -2.59. The molecule has 0 bridgehead atoms. The van der Waals surface area contributed by atoms with Crippen molar-refractivity contribution in [2.24, 2.45) is 0 Å². The summed E-state index contributed by atoms with van der Waals surface area (Å²) in [5.41, 5.74) is -2.22. The van der Waals surface area contributed by atoms with E-state index in [9.17, 15) is 14.4 Å². The first kappa shape index (κ1) is 16.1. The van der Waals surface area contributed by atoms with Gasteiger partial charge in [-0.1, -0.05) is 12.5 Å². The Balaban J connectivity index is 4.64. The third-order valence-electron chi connectivity index (χ3n) is 2.58. The number of nitrogens with one attached hydrogen (secondary N) is 1. The number of hydrogen-bond donors (Lipinski definition) is 3. The van der Waals surface area contributed by atoms with E-state index < -0.39 is 23.4 Å². The van der Waals surface area contributed by atoms with E-state index >= 15 is 0 Å². The lowest BCUT2D eigenvalue weighted by molar-refractivity contribution is -0.161. The molecule has 0 heterocycles. The van der Waals surface area contributed by atoms with Gasteiger partial charge in [0.05, 0.1) is 0 Å². The molecule has 0 aromatic rings. The van der Waals surface area contributed by atoms with Crippen LogP contribution in [0.3, 0.4) is 0 Å². The Morgan fingerprint density at radius 1 is 1.17 bits per heavy atom. The average molecular weight is 257 g/mol. The van der Waals surface area contributed by atoms with E-state index in [1.807, 2.05) is 5.32 Å². The maximum atomic E-state index is 11.1. The van der Waals surface area contributed by atoms with Gasteiger partial charge in [-0.15, -0.1) is 6.58 Å². The largest absolute Gasteiger partial charge is 0.479 e. The van der Waals surface area contributed by atoms with Crippen molar-refractivity contribution in [2.75, 3.05) is 0 Å². The number of carbonyl (C=O) groups is 3. The first-order valence-electron chi connectivity index (χ1n) is 5.73. The zero-order valence-electron chi connectivity index (χ0n) is 10.4. The van der Waals surface area contributed by atoms with E-state index in [1.165, 1.54) is 0 Å². The molecule has 6 heteroatoms. The Hall–Kier alpha value is -1.85. The summed E-state index contributed by atoms with van der Waals surface area (Å²) in [6.07, 6.45) is 4.33. The molecule has 0 aliphatic carbocycles. The Kier molecular flexibility index (Phi) is 6.70. The van der Waals surface area contributed by atoms with Crippen molar-refractivity contribution >= 4 is 17.8 Å². The molecule has 0 saturated heterocycles. The molecule has 0 atom stereocenters. The van der Waals surface area contributed by atoms with Gasteiger partial charge in [0.25, 0.3) is 0 Å². The fourth-order valence-corrected chi connectivity index (χ4v) is 1.63. The van der Waals surface area contributed by atoms with Crippen molar-refractivity contribution in [2.45, 2.75) is 44.6 Å². The molecule has 0 rings (SSSR count). The number of carboxylic acid groups (broad SMARTS) is 2. The lowest BCUT2D eigenvalue weighted by atomic mass is 9.91. The number of rotatable bonds is 9. The molecule has 0 aromatic heterocycles. The van der Waals surface area contributed by atoms with Gasteiger partial charge in [-0.05, 0) is 25.7 Å². The van der Waals surface area contributed by atoms with E-state index in [1.54, 1.807) is 6.08 Å². The normalized spacial score (nSPS) is 10.7. The Labute approximate surface area is 106 Å².